The summed E-state index contributed by atoms with van der Waals surface area (Å²) in [6, 6.07) is 10.8. The molecule has 0 unspecified atom stereocenters. The van der Waals surface area contributed by atoms with Crippen LogP contribution in [-0.2, 0) is 0 Å². The number of carbonyl (C=O) groups is 1. The second kappa shape index (κ2) is 6.94. The lowest BCUT2D eigenvalue weighted by Crippen LogP contribution is -2.41. The van der Waals surface area contributed by atoms with Crippen molar-refractivity contribution in [1.29, 1.82) is 0 Å². The number of hydrogen-bond acceptors (Lipinski definition) is 4. The number of likely N-dealkylation sites (tertiary alicyclic amines) is 1. The third kappa shape index (κ3) is 3.36. The number of benzene rings is 1. The molecule has 1 aliphatic carbocycles. The van der Waals surface area contributed by atoms with Crippen LogP contribution < -0.4 is 10.3 Å². The van der Waals surface area contributed by atoms with Gasteiger partial charge in [-0.25, -0.2) is 4.68 Å². The quantitative estimate of drug-likeness (QED) is 0.847. The van der Waals surface area contributed by atoms with Gasteiger partial charge in [-0.3, -0.25) is 9.59 Å². The van der Waals surface area contributed by atoms with Crippen LogP contribution in [0.3, 0.4) is 0 Å². The van der Waals surface area contributed by atoms with Crippen molar-refractivity contribution in [3.63, 3.8) is 0 Å². The van der Waals surface area contributed by atoms with Crippen molar-refractivity contribution in [2.75, 3.05) is 20.2 Å². The Morgan fingerprint density at radius 2 is 1.88 bits per heavy atom. The van der Waals surface area contributed by atoms with Crippen LogP contribution in [0, 0.1) is 0 Å². The van der Waals surface area contributed by atoms with E-state index in [4.69, 9.17) is 4.74 Å². The van der Waals surface area contributed by atoms with E-state index in [-0.39, 0.29) is 17.5 Å². The second-order valence-electron chi connectivity index (χ2n) is 7.07. The molecule has 1 aliphatic heterocycles. The minimum atomic E-state index is -0.0491. The van der Waals surface area contributed by atoms with Crippen molar-refractivity contribution in [2.45, 2.75) is 37.6 Å². The molecule has 26 heavy (non-hydrogen) atoms. The molecule has 0 atom stereocenters. The van der Waals surface area contributed by atoms with Crippen molar-refractivity contribution in [1.82, 2.24) is 14.7 Å². The molecule has 1 aromatic heterocycles. The molecule has 2 heterocycles. The molecule has 4 rings (SSSR count). The van der Waals surface area contributed by atoms with Gasteiger partial charge in [0.25, 0.3) is 11.5 Å². The largest absolute Gasteiger partial charge is 0.497 e. The predicted octanol–water partition coefficient (Wildman–Crippen LogP) is 2.61. The summed E-state index contributed by atoms with van der Waals surface area (Å²) in [6.07, 6.45) is 3.82. The Morgan fingerprint density at radius 3 is 2.58 bits per heavy atom. The van der Waals surface area contributed by atoms with E-state index in [2.05, 4.69) is 5.10 Å². The van der Waals surface area contributed by atoms with Gasteiger partial charge in [-0.15, -0.1) is 0 Å². The molecule has 1 aromatic carbocycles. The van der Waals surface area contributed by atoms with Crippen molar-refractivity contribution in [3.05, 3.63) is 58.0 Å². The van der Waals surface area contributed by atoms with E-state index in [0.29, 0.717) is 30.3 Å². The first-order chi connectivity index (χ1) is 12.7. The molecule has 1 saturated heterocycles. The molecule has 136 valence electrons. The summed E-state index contributed by atoms with van der Waals surface area (Å²) >= 11 is 0. The SMILES string of the molecule is COc1cccc(C(=O)N2CCC(n3nc(C4CC4)ccc3=O)CC2)c1. The summed E-state index contributed by atoms with van der Waals surface area (Å²) in [5.41, 5.74) is 1.61. The first kappa shape index (κ1) is 16.8. The van der Waals surface area contributed by atoms with E-state index >= 15 is 0 Å². The van der Waals surface area contributed by atoms with E-state index in [1.165, 1.54) is 12.8 Å². The fraction of sp³-hybridized carbons (Fsp3) is 0.450. The van der Waals surface area contributed by atoms with Gasteiger partial charge in [0.05, 0.1) is 18.8 Å². The summed E-state index contributed by atoms with van der Waals surface area (Å²) in [4.78, 5) is 26.8. The fourth-order valence-corrected chi connectivity index (χ4v) is 3.55. The maximum atomic E-state index is 12.7. The Balaban J connectivity index is 1.45. The number of carbonyl (C=O) groups excluding carboxylic acids is 1. The number of rotatable bonds is 4. The van der Waals surface area contributed by atoms with E-state index < -0.39 is 0 Å². The molecule has 2 aliphatic rings. The van der Waals surface area contributed by atoms with E-state index in [1.54, 1.807) is 23.9 Å². The zero-order valence-electron chi connectivity index (χ0n) is 14.9. The minimum Gasteiger partial charge on any atom is -0.497 e. The predicted molar refractivity (Wildman–Crippen MR) is 97.6 cm³/mol. The molecule has 6 heteroatoms. The zero-order chi connectivity index (χ0) is 18.1. The van der Waals surface area contributed by atoms with Gasteiger partial charge in [0.1, 0.15) is 5.75 Å². The fourth-order valence-electron chi connectivity index (χ4n) is 3.55. The average Bonchev–Trinajstić information content (AvgIpc) is 3.53. The van der Waals surface area contributed by atoms with Crippen LogP contribution in [0.15, 0.2) is 41.2 Å². The van der Waals surface area contributed by atoms with Crippen LogP contribution in [0.25, 0.3) is 0 Å². The molecule has 0 bridgehead atoms. The smallest absolute Gasteiger partial charge is 0.267 e. The highest BCUT2D eigenvalue weighted by atomic mass is 16.5. The van der Waals surface area contributed by atoms with Gasteiger partial charge in [0.15, 0.2) is 0 Å². The van der Waals surface area contributed by atoms with Crippen LogP contribution in [-0.4, -0.2) is 40.8 Å². The van der Waals surface area contributed by atoms with Gasteiger partial charge in [0, 0.05) is 30.6 Å². The normalized spacial score (nSPS) is 18.0. The molecule has 6 nitrogen and oxygen atoms in total. The molecular formula is C20H23N3O3. The number of hydrogen-bond donors (Lipinski definition) is 0. The molecule has 0 N–H and O–H groups in total. The first-order valence-electron chi connectivity index (χ1n) is 9.19. The van der Waals surface area contributed by atoms with Gasteiger partial charge < -0.3 is 9.64 Å². The number of piperidine rings is 1. The van der Waals surface area contributed by atoms with Crippen LogP contribution in [0.4, 0.5) is 0 Å². The van der Waals surface area contributed by atoms with E-state index in [9.17, 15) is 9.59 Å². The third-order valence-electron chi connectivity index (χ3n) is 5.26. The summed E-state index contributed by atoms with van der Waals surface area (Å²) in [6.45, 7) is 1.25. The maximum Gasteiger partial charge on any atom is 0.267 e. The Bertz CT molecular complexity index is 865. The molecular weight excluding hydrogens is 330 g/mol. The number of aromatic nitrogens is 2. The first-order valence-corrected chi connectivity index (χ1v) is 9.19. The lowest BCUT2D eigenvalue weighted by atomic mass is 10.0. The monoisotopic (exact) mass is 353 g/mol. The molecule has 0 spiro atoms. The zero-order valence-corrected chi connectivity index (χ0v) is 14.9. The number of amides is 1. The van der Waals surface area contributed by atoms with Crippen molar-refractivity contribution >= 4 is 5.91 Å². The highest BCUT2D eigenvalue weighted by molar-refractivity contribution is 5.94. The molecule has 1 saturated carbocycles. The summed E-state index contributed by atoms with van der Waals surface area (Å²) in [5, 5.41) is 4.59. The second-order valence-corrected chi connectivity index (χ2v) is 7.07. The van der Waals surface area contributed by atoms with E-state index in [1.807, 2.05) is 29.2 Å². The van der Waals surface area contributed by atoms with Gasteiger partial charge >= 0.3 is 0 Å². The van der Waals surface area contributed by atoms with Gasteiger partial charge in [-0.05, 0) is 49.9 Å². The molecule has 2 aromatic rings. The Labute approximate surface area is 152 Å². The Kier molecular flexibility index (Phi) is 4.49. The van der Waals surface area contributed by atoms with Crippen LogP contribution >= 0.6 is 0 Å². The summed E-state index contributed by atoms with van der Waals surface area (Å²) < 4.78 is 6.84. The average molecular weight is 353 g/mol. The van der Waals surface area contributed by atoms with Gasteiger partial charge in [0.2, 0.25) is 0 Å². The number of methoxy groups -OCH3 is 1. The number of nitrogens with zero attached hydrogens (tertiary/aromatic N) is 3. The van der Waals surface area contributed by atoms with Crippen molar-refractivity contribution in [3.8, 4) is 5.75 Å². The van der Waals surface area contributed by atoms with E-state index in [0.717, 1.165) is 18.5 Å². The topological polar surface area (TPSA) is 64.4 Å². The number of ether oxygens (including phenoxy) is 1. The maximum absolute atomic E-state index is 12.7. The lowest BCUT2D eigenvalue weighted by Gasteiger charge is -2.32. The van der Waals surface area contributed by atoms with Crippen LogP contribution in [0.2, 0.25) is 0 Å². The van der Waals surface area contributed by atoms with Gasteiger partial charge in [-0.2, -0.15) is 5.10 Å². The Morgan fingerprint density at radius 1 is 1.12 bits per heavy atom. The molecule has 2 fully saturated rings. The van der Waals surface area contributed by atoms with Crippen LogP contribution in [0.1, 0.15) is 53.7 Å². The highest BCUT2D eigenvalue weighted by Crippen LogP contribution is 2.38. The van der Waals surface area contributed by atoms with Gasteiger partial charge in [-0.1, -0.05) is 6.07 Å². The summed E-state index contributed by atoms with van der Waals surface area (Å²) in [5.74, 6) is 1.21. The van der Waals surface area contributed by atoms with Crippen molar-refractivity contribution < 1.29 is 9.53 Å². The van der Waals surface area contributed by atoms with Crippen molar-refractivity contribution in [2.24, 2.45) is 0 Å². The molecule has 1 amide bonds. The standard InChI is InChI=1S/C20H23N3O3/c1-26-17-4-2-3-15(13-17)20(25)22-11-9-16(10-12-22)23-19(24)8-7-18(21-23)14-5-6-14/h2-4,7-8,13-14,16H,5-6,9-12H2,1H3. The Hall–Kier alpha value is -2.63. The third-order valence-corrected chi connectivity index (χ3v) is 5.26. The minimum absolute atomic E-state index is 0.00869. The lowest BCUT2D eigenvalue weighted by molar-refractivity contribution is 0.0687. The van der Waals surface area contributed by atoms with Crippen LogP contribution in [0.5, 0.6) is 5.75 Å². The summed E-state index contributed by atoms with van der Waals surface area (Å²) in [7, 11) is 1.59. The highest BCUT2D eigenvalue weighted by Gasteiger charge is 2.29. The molecule has 0 radical (unpaired) electrons.